The molecule has 3 aliphatic rings. The molecule has 0 spiro atoms. The third-order valence-electron chi connectivity index (χ3n) is 12.9. The van der Waals surface area contributed by atoms with E-state index in [1.165, 1.54) is 30.6 Å². The Morgan fingerprint density at radius 2 is 1.17 bits per heavy atom. The Morgan fingerprint density at radius 3 is 1.67 bits per heavy atom. The van der Waals surface area contributed by atoms with Gasteiger partial charge in [0, 0.05) is 108 Å². The summed E-state index contributed by atoms with van der Waals surface area (Å²) in [6, 6.07) is 21.5. The van der Waals surface area contributed by atoms with Crippen LogP contribution in [0, 0.1) is 0 Å². The summed E-state index contributed by atoms with van der Waals surface area (Å²) < 4.78 is 40.7. The molecule has 1 unspecified atom stereocenters. The van der Waals surface area contributed by atoms with Crippen molar-refractivity contribution >= 4 is 109 Å². The predicted octanol–water partition coefficient (Wildman–Crippen LogP) is 9.24. The fraction of sp³-hybridized carbons (Fsp3) is 0.426. The fourth-order valence-electron chi connectivity index (χ4n) is 9.59. The largest absolute Gasteiger partial charge is 0.464 e. The second-order valence-electron chi connectivity index (χ2n) is 19.6. The number of benzene rings is 4. The summed E-state index contributed by atoms with van der Waals surface area (Å²) in [5.41, 5.74) is 2.00. The monoisotopic (exact) mass is 1090 g/mol. The van der Waals surface area contributed by atoms with Gasteiger partial charge in [-0.25, -0.2) is 9.59 Å². The number of thiophene rings is 1. The number of amides is 4. The Balaban J connectivity index is 1.06. The molecule has 21 heteroatoms. The maximum absolute atomic E-state index is 14.8. The number of carbonyl (C=O) groups is 7. The summed E-state index contributed by atoms with van der Waals surface area (Å²) in [4.78, 5) is 98.5. The molecule has 0 bridgehead atoms. The minimum Gasteiger partial charge on any atom is -0.464 e. The Kier molecular flexibility index (Phi) is 16.5. The number of fused-ring (bicyclic) bond motifs is 6. The van der Waals surface area contributed by atoms with Crippen molar-refractivity contribution in [2.75, 3.05) is 68.4 Å². The van der Waals surface area contributed by atoms with E-state index in [1.54, 1.807) is 68.9 Å². The van der Waals surface area contributed by atoms with E-state index in [0.717, 1.165) is 33.2 Å². The summed E-state index contributed by atoms with van der Waals surface area (Å²) in [7, 11) is 3.15. The topological polar surface area (TPSA) is 197 Å². The smallest absolute Gasteiger partial charge is 0.415 e. The van der Waals surface area contributed by atoms with Crippen molar-refractivity contribution in [2.24, 2.45) is 0 Å². The number of carbonyl (C=O) groups excluding carboxylic acids is 7. The molecule has 3 aliphatic heterocycles. The average Bonchev–Trinajstić information content (AvgIpc) is 4.11. The predicted molar refractivity (Wildman–Crippen MR) is 282 cm³/mol. The lowest BCUT2D eigenvalue weighted by molar-refractivity contribution is -0.245. The molecule has 75 heavy (non-hydrogen) atoms. The van der Waals surface area contributed by atoms with Gasteiger partial charge in [0.05, 0.1) is 27.5 Å². The van der Waals surface area contributed by atoms with E-state index in [1.807, 2.05) is 48.5 Å². The molecule has 4 heterocycles. The number of halogens is 2. The molecule has 398 valence electrons. The van der Waals surface area contributed by atoms with Crippen LogP contribution in [0.4, 0.5) is 21.0 Å². The number of hydrogen-bond acceptors (Lipinski definition) is 15. The molecule has 8 rings (SSSR count). The first kappa shape index (κ1) is 54.6. The summed E-state index contributed by atoms with van der Waals surface area (Å²) in [6.07, 6.45) is -5.59. The number of nitrogens with zero attached hydrogens (tertiary/aromatic N) is 4. The van der Waals surface area contributed by atoms with E-state index in [0.29, 0.717) is 27.9 Å². The summed E-state index contributed by atoms with van der Waals surface area (Å²) in [5.74, 6) is -2.30. The van der Waals surface area contributed by atoms with Gasteiger partial charge in [-0.3, -0.25) is 24.0 Å². The van der Waals surface area contributed by atoms with Gasteiger partial charge in [-0.05, 0) is 54.8 Å². The second-order valence-corrected chi connectivity index (χ2v) is 21.3. The van der Waals surface area contributed by atoms with Crippen LogP contribution in [0.1, 0.15) is 90.3 Å². The number of anilines is 2. The van der Waals surface area contributed by atoms with Crippen LogP contribution in [0.3, 0.4) is 0 Å². The highest BCUT2D eigenvalue weighted by Crippen LogP contribution is 2.49. The van der Waals surface area contributed by atoms with Gasteiger partial charge in [0.25, 0.3) is 11.8 Å². The lowest BCUT2D eigenvalue weighted by atomic mass is 9.95. The molecule has 6 atom stereocenters. The number of alkyl halides is 2. The number of rotatable bonds is 14. The van der Waals surface area contributed by atoms with Gasteiger partial charge in [0.2, 0.25) is 6.29 Å². The molecule has 0 radical (unpaired) electrons. The summed E-state index contributed by atoms with van der Waals surface area (Å²) in [5, 5.41) is 2.86. The maximum Gasteiger partial charge on any atom is 0.415 e. The van der Waals surface area contributed by atoms with Gasteiger partial charge >= 0.3 is 30.1 Å². The molecule has 0 aliphatic carbocycles. The average molecular weight is 1090 g/mol. The highest BCUT2D eigenvalue weighted by Gasteiger charge is 2.46. The third-order valence-corrected chi connectivity index (χ3v) is 14.8. The van der Waals surface area contributed by atoms with Crippen LogP contribution in [-0.4, -0.2) is 141 Å². The van der Waals surface area contributed by atoms with Crippen LogP contribution in [0.15, 0.2) is 72.8 Å². The van der Waals surface area contributed by atoms with Crippen molar-refractivity contribution in [3.63, 3.8) is 0 Å². The van der Waals surface area contributed by atoms with E-state index < -0.39 is 60.3 Å². The van der Waals surface area contributed by atoms with Crippen molar-refractivity contribution in [1.82, 2.24) is 9.80 Å². The summed E-state index contributed by atoms with van der Waals surface area (Å²) in [6.45, 7) is 9.40. The quantitative estimate of drug-likeness (QED) is 0.0579. The highest BCUT2D eigenvalue weighted by atomic mass is 35.5. The molecule has 5 aromatic rings. The highest BCUT2D eigenvalue weighted by molar-refractivity contribution is 7.16. The van der Waals surface area contributed by atoms with Crippen LogP contribution < -0.4 is 19.3 Å². The van der Waals surface area contributed by atoms with E-state index >= 15 is 0 Å². The van der Waals surface area contributed by atoms with Crippen LogP contribution in [0.25, 0.3) is 21.5 Å². The standard InChI is InChI=1S/C54H58Cl2N4O14S/c1-29(61)68-28-43-49(70-31(3)63)42(69-30(2)62)23-46(72-43)71-40-21-38-47(36-15-11-9-13-34(36)40)32(24-55)26-59(38)50(64)44-17-18-45(75-44)51(65)60-27-33(25-56)48-37-16-12-10-14-35(37)41(22-39(48)60)73-52(66)57(7)19-20-58(8)53(67)74-54(4,5)6/h9-18,21-22,32-33,42-43,46,49H,19-20,23-28H2,1-8H3/t32-,33-,42-,43?,46-,49-/m1/s1. The molecule has 1 fully saturated rings. The SMILES string of the molecule is CC(=O)OCC1O[C@@H](Oc2cc3c(c4ccccc24)[C@H](CCl)CN3C(=O)c2ccc(C(=O)N3C[C@@H](CCl)c4c3cc(OC(=O)N(C)CCN(C)C(=O)OC(C)(C)C)c3ccccc43)s2)C[C@@H](OC(C)=O)[C@H]1OC(C)=O. The molecule has 18 nitrogen and oxygen atoms in total. The third kappa shape index (κ3) is 11.9. The summed E-state index contributed by atoms with van der Waals surface area (Å²) >= 11 is 14.3. The van der Waals surface area contributed by atoms with E-state index in [-0.39, 0.29) is 90.1 Å². The number of hydrogen-bond donors (Lipinski definition) is 0. The zero-order valence-corrected chi connectivity index (χ0v) is 45.0. The van der Waals surface area contributed by atoms with Gasteiger partial charge in [0.15, 0.2) is 6.10 Å². The Labute approximate surface area is 447 Å². The first-order valence-electron chi connectivity index (χ1n) is 24.3. The first-order valence-corrected chi connectivity index (χ1v) is 26.2. The van der Waals surface area contributed by atoms with Gasteiger partial charge < -0.3 is 52.8 Å². The first-order chi connectivity index (χ1) is 35.7. The molecule has 0 saturated carbocycles. The van der Waals surface area contributed by atoms with E-state index in [4.69, 9.17) is 56.4 Å². The minimum absolute atomic E-state index is 0.0671. The van der Waals surface area contributed by atoms with Crippen molar-refractivity contribution in [1.29, 1.82) is 0 Å². The minimum atomic E-state index is -1.11. The van der Waals surface area contributed by atoms with Gasteiger partial charge in [-0.1, -0.05) is 48.5 Å². The van der Waals surface area contributed by atoms with Crippen molar-refractivity contribution in [3.05, 3.63) is 93.7 Å². The molecule has 4 aromatic carbocycles. The van der Waals surface area contributed by atoms with Crippen molar-refractivity contribution < 1.29 is 66.7 Å². The van der Waals surface area contributed by atoms with Crippen LogP contribution >= 0.6 is 34.5 Å². The number of esters is 3. The van der Waals surface area contributed by atoms with E-state index in [2.05, 4.69) is 0 Å². The van der Waals surface area contributed by atoms with E-state index in [9.17, 15) is 33.6 Å². The van der Waals surface area contributed by atoms with Gasteiger partial charge in [-0.2, -0.15) is 0 Å². The number of likely N-dealkylation sites (N-methyl/N-ethyl adjacent to an activating group) is 2. The van der Waals surface area contributed by atoms with Crippen LogP contribution in [0.5, 0.6) is 11.5 Å². The molecular formula is C54H58Cl2N4O14S. The Hall–Kier alpha value is -6.67. The van der Waals surface area contributed by atoms with Crippen LogP contribution in [0.2, 0.25) is 0 Å². The zero-order valence-electron chi connectivity index (χ0n) is 42.7. The zero-order chi connectivity index (χ0) is 54.0. The molecule has 4 amide bonds. The van der Waals surface area contributed by atoms with Crippen molar-refractivity contribution in [3.8, 4) is 11.5 Å². The van der Waals surface area contributed by atoms with Crippen LogP contribution in [-0.2, 0) is 38.1 Å². The molecular weight excluding hydrogens is 1030 g/mol. The van der Waals surface area contributed by atoms with Crippen molar-refractivity contribution in [2.45, 2.75) is 90.0 Å². The molecule has 0 N–H and O–H groups in total. The lowest BCUT2D eigenvalue weighted by Crippen LogP contribution is -2.54. The second kappa shape index (κ2) is 22.7. The Morgan fingerprint density at radius 1 is 0.680 bits per heavy atom. The van der Waals surface area contributed by atoms with Gasteiger partial charge in [0.1, 0.15) is 35.9 Å². The normalized spacial score (nSPS) is 20.0. The molecule has 1 aromatic heterocycles. The Bertz CT molecular complexity index is 3050. The number of ether oxygens (including phenoxy) is 7. The fourth-order valence-corrected chi connectivity index (χ4v) is 11.0. The van der Waals surface area contributed by atoms with Gasteiger partial charge in [-0.15, -0.1) is 34.5 Å². The molecule has 1 saturated heterocycles. The lowest BCUT2D eigenvalue weighted by Gasteiger charge is -2.40. The maximum atomic E-state index is 14.8.